The number of halogens is 1. The summed E-state index contributed by atoms with van der Waals surface area (Å²) < 4.78 is 7.05. The lowest BCUT2D eigenvalue weighted by molar-refractivity contribution is 0.455. The highest BCUT2D eigenvalue weighted by molar-refractivity contribution is 9.10. The van der Waals surface area contributed by atoms with E-state index in [1.54, 1.807) is 0 Å². The predicted molar refractivity (Wildman–Crippen MR) is 86.7 cm³/mol. The zero-order valence-corrected chi connectivity index (χ0v) is 12.9. The van der Waals surface area contributed by atoms with Crippen LogP contribution in [0.4, 0.5) is 0 Å². The van der Waals surface area contributed by atoms with E-state index in [2.05, 4.69) is 63.2 Å². The van der Waals surface area contributed by atoms with Crippen LogP contribution in [0.25, 0.3) is 11.0 Å². The van der Waals surface area contributed by atoms with Gasteiger partial charge in [0.25, 0.3) is 0 Å². The van der Waals surface area contributed by atoms with Gasteiger partial charge in [0.05, 0.1) is 6.04 Å². The van der Waals surface area contributed by atoms with Gasteiger partial charge >= 0.3 is 0 Å². The SMILES string of the molecule is Brc1ccc(C2CC(c3cc4ccccc4o3)NN2)cc1. The summed E-state index contributed by atoms with van der Waals surface area (Å²) in [7, 11) is 0. The van der Waals surface area contributed by atoms with E-state index in [0.717, 1.165) is 27.6 Å². The van der Waals surface area contributed by atoms with E-state index in [1.807, 2.05) is 18.2 Å². The van der Waals surface area contributed by atoms with Gasteiger partial charge in [-0.15, -0.1) is 0 Å². The van der Waals surface area contributed by atoms with Crippen LogP contribution in [-0.2, 0) is 0 Å². The molecule has 4 rings (SSSR count). The maximum absolute atomic E-state index is 5.95. The summed E-state index contributed by atoms with van der Waals surface area (Å²) >= 11 is 3.47. The Hall–Kier alpha value is -1.62. The van der Waals surface area contributed by atoms with E-state index in [4.69, 9.17) is 4.42 Å². The molecule has 2 atom stereocenters. The third kappa shape index (κ3) is 2.50. The van der Waals surface area contributed by atoms with E-state index < -0.39 is 0 Å². The Kier molecular flexibility index (Phi) is 3.30. The number of hydrogen-bond donors (Lipinski definition) is 2. The van der Waals surface area contributed by atoms with Gasteiger partial charge in [-0.05, 0) is 36.2 Å². The van der Waals surface area contributed by atoms with Crippen LogP contribution in [-0.4, -0.2) is 0 Å². The van der Waals surface area contributed by atoms with Crippen molar-refractivity contribution in [2.75, 3.05) is 0 Å². The van der Waals surface area contributed by atoms with Crippen LogP contribution in [0, 0.1) is 0 Å². The summed E-state index contributed by atoms with van der Waals surface area (Å²) in [6.07, 6.45) is 0.974. The molecule has 1 aliphatic rings. The molecule has 106 valence electrons. The molecule has 1 saturated heterocycles. The fraction of sp³-hybridized carbons (Fsp3) is 0.176. The maximum atomic E-state index is 5.95. The van der Waals surface area contributed by atoms with E-state index >= 15 is 0 Å². The van der Waals surface area contributed by atoms with E-state index in [9.17, 15) is 0 Å². The number of hydrogen-bond acceptors (Lipinski definition) is 3. The molecule has 1 aliphatic heterocycles. The second-order valence-corrected chi connectivity index (χ2v) is 6.28. The number of nitrogens with one attached hydrogen (secondary N) is 2. The van der Waals surface area contributed by atoms with Crippen molar-refractivity contribution in [3.63, 3.8) is 0 Å². The Morgan fingerprint density at radius 3 is 2.52 bits per heavy atom. The van der Waals surface area contributed by atoms with Crippen molar-refractivity contribution in [3.05, 3.63) is 70.4 Å². The summed E-state index contributed by atoms with van der Waals surface area (Å²) in [6, 6.07) is 19.2. The standard InChI is InChI=1S/C17H15BrN2O/c18-13-7-5-11(6-8-13)14-10-15(20-19-14)17-9-12-3-1-2-4-16(12)21-17/h1-9,14-15,19-20H,10H2. The largest absolute Gasteiger partial charge is 0.459 e. The number of benzene rings is 2. The fourth-order valence-electron chi connectivity index (χ4n) is 2.83. The van der Waals surface area contributed by atoms with E-state index in [-0.39, 0.29) is 6.04 Å². The van der Waals surface area contributed by atoms with Crippen molar-refractivity contribution in [2.24, 2.45) is 0 Å². The number of hydrazine groups is 1. The Morgan fingerprint density at radius 2 is 1.71 bits per heavy atom. The smallest absolute Gasteiger partial charge is 0.134 e. The Morgan fingerprint density at radius 1 is 0.952 bits per heavy atom. The summed E-state index contributed by atoms with van der Waals surface area (Å²) in [5.41, 5.74) is 8.93. The number of fused-ring (bicyclic) bond motifs is 1. The van der Waals surface area contributed by atoms with Gasteiger partial charge < -0.3 is 4.42 Å². The highest BCUT2D eigenvalue weighted by Gasteiger charge is 2.28. The van der Waals surface area contributed by atoms with Gasteiger partial charge in [0.1, 0.15) is 11.3 Å². The zero-order chi connectivity index (χ0) is 14.2. The van der Waals surface area contributed by atoms with Crippen molar-refractivity contribution in [2.45, 2.75) is 18.5 Å². The van der Waals surface area contributed by atoms with Crippen molar-refractivity contribution in [3.8, 4) is 0 Å². The molecule has 0 radical (unpaired) electrons. The van der Waals surface area contributed by atoms with Gasteiger partial charge in [0.15, 0.2) is 0 Å². The molecule has 1 fully saturated rings. The average molecular weight is 343 g/mol. The first-order valence-electron chi connectivity index (χ1n) is 7.04. The van der Waals surface area contributed by atoms with Gasteiger partial charge in [-0.25, -0.2) is 10.9 Å². The number of rotatable bonds is 2. The Balaban J connectivity index is 1.56. The second kappa shape index (κ2) is 5.30. The first kappa shape index (κ1) is 13.1. The van der Waals surface area contributed by atoms with Crippen LogP contribution in [0.3, 0.4) is 0 Å². The number of para-hydroxylation sites is 1. The molecule has 0 aliphatic carbocycles. The molecule has 0 amide bonds. The fourth-order valence-corrected chi connectivity index (χ4v) is 3.09. The molecule has 0 spiro atoms. The van der Waals surface area contributed by atoms with Crippen molar-refractivity contribution in [1.82, 2.24) is 10.9 Å². The zero-order valence-electron chi connectivity index (χ0n) is 11.3. The van der Waals surface area contributed by atoms with Crippen LogP contribution in [0.2, 0.25) is 0 Å². The van der Waals surface area contributed by atoms with Crippen LogP contribution >= 0.6 is 15.9 Å². The highest BCUT2D eigenvalue weighted by Crippen LogP contribution is 2.33. The summed E-state index contributed by atoms with van der Waals surface area (Å²) in [5.74, 6) is 0.989. The molecule has 2 heterocycles. The lowest BCUT2D eigenvalue weighted by atomic mass is 10.0. The van der Waals surface area contributed by atoms with Crippen molar-refractivity contribution < 1.29 is 4.42 Å². The van der Waals surface area contributed by atoms with Gasteiger partial charge in [0.2, 0.25) is 0 Å². The van der Waals surface area contributed by atoms with Crippen LogP contribution < -0.4 is 10.9 Å². The molecule has 0 saturated carbocycles. The molecule has 0 bridgehead atoms. The van der Waals surface area contributed by atoms with Crippen molar-refractivity contribution in [1.29, 1.82) is 0 Å². The monoisotopic (exact) mass is 342 g/mol. The van der Waals surface area contributed by atoms with Gasteiger partial charge in [0, 0.05) is 15.9 Å². The second-order valence-electron chi connectivity index (χ2n) is 5.37. The summed E-state index contributed by atoms with van der Waals surface area (Å²) in [5, 5.41) is 1.15. The molecular weight excluding hydrogens is 328 g/mol. The molecule has 2 aromatic carbocycles. The van der Waals surface area contributed by atoms with Crippen LogP contribution in [0.15, 0.2) is 63.5 Å². The first-order chi connectivity index (χ1) is 10.3. The normalized spacial score (nSPS) is 22.0. The number of furan rings is 1. The Bertz CT molecular complexity index is 733. The lowest BCUT2D eigenvalue weighted by Crippen LogP contribution is -2.26. The van der Waals surface area contributed by atoms with E-state index in [1.165, 1.54) is 5.56 Å². The van der Waals surface area contributed by atoms with Crippen LogP contribution in [0.5, 0.6) is 0 Å². The minimum absolute atomic E-state index is 0.200. The third-order valence-electron chi connectivity index (χ3n) is 3.96. The van der Waals surface area contributed by atoms with Gasteiger partial charge in [-0.2, -0.15) is 0 Å². The molecule has 21 heavy (non-hydrogen) atoms. The summed E-state index contributed by atoms with van der Waals surface area (Å²) in [6.45, 7) is 0. The topological polar surface area (TPSA) is 37.2 Å². The molecule has 2 unspecified atom stereocenters. The predicted octanol–water partition coefficient (Wildman–Crippen LogP) is 4.48. The summed E-state index contributed by atoms with van der Waals surface area (Å²) in [4.78, 5) is 0. The lowest BCUT2D eigenvalue weighted by Gasteiger charge is -2.09. The van der Waals surface area contributed by atoms with Crippen molar-refractivity contribution >= 4 is 26.9 Å². The third-order valence-corrected chi connectivity index (χ3v) is 4.49. The van der Waals surface area contributed by atoms with Gasteiger partial charge in [-0.1, -0.05) is 46.3 Å². The highest BCUT2D eigenvalue weighted by atomic mass is 79.9. The van der Waals surface area contributed by atoms with Gasteiger partial charge in [-0.3, -0.25) is 0 Å². The molecular formula is C17H15BrN2O. The Labute approximate surface area is 131 Å². The molecule has 2 N–H and O–H groups in total. The molecule has 4 heteroatoms. The minimum atomic E-state index is 0.200. The minimum Gasteiger partial charge on any atom is -0.459 e. The molecule has 3 nitrogen and oxygen atoms in total. The molecule has 3 aromatic rings. The first-order valence-corrected chi connectivity index (χ1v) is 7.84. The maximum Gasteiger partial charge on any atom is 0.134 e. The average Bonchev–Trinajstić information content (AvgIpc) is 3.14. The van der Waals surface area contributed by atoms with Crippen LogP contribution in [0.1, 0.15) is 29.8 Å². The molecule has 1 aromatic heterocycles. The quantitative estimate of drug-likeness (QED) is 0.721. The van der Waals surface area contributed by atoms with E-state index in [0.29, 0.717) is 6.04 Å².